The number of aromatic nitrogens is 2. The van der Waals surface area contributed by atoms with Crippen LogP contribution in [-0.2, 0) is 19.2 Å². The Morgan fingerprint density at radius 3 is 2.78 bits per heavy atom. The van der Waals surface area contributed by atoms with Crippen molar-refractivity contribution in [1.82, 2.24) is 15.2 Å². The van der Waals surface area contributed by atoms with E-state index in [2.05, 4.69) is 27.8 Å². The molecule has 0 aliphatic carbocycles. The summed E-state index contributed by atoms with van der Waals surface area (Å²) in [6.45, 7) is 2.94. The summed E-state index contributed by atoms with van der Waals surface area (Å²) in [4.78, 5) is 49.0. The van der Waals surface area contributed by atoms with Gasteiger partial charge < -0.3 is 21.0 Å². The van der Waals surface area contributed by atoms with Gasteiger partial charge in [-0.2, -0.15) is 5.43 Å². The average molecular weight is 565 g/mol. The monoisotopic (exact) mass is 564 g/mol. The number of fused-ring (bicyclic) bond motifs is 1. The van der Waals surface area contributed by atoms with Gasteiger partial charge in [-0.1, -0.05) is 16.8 Å². The fraction of sp³-hybridized carbons (Fsp3) is 0.364. The minimum Gasteiger partial charge on any atom is -0.477 e. The van der Waals surface area contributed by atoms with Crippen molar-refractivity contribution >= 4 is 63.5 Å². The van der Waals surface area contributed by atoms with E-state index in [9.17, 15) is 19.5 Å². The van der Waals surface area contributed by atoms with Crippen LogP contribution in [0.25, 0.3) is 0 Å². The summed E-state index contributed by atoms with van der Waals surface area (Å²) in [5, 5.41) is 17.6. The standard InChI is InChI=1S/C22H25N7O5S3/c1-3-6-24-28-7-4-13(5-8-28)35-9-12-10-36-20-16(19(31)29(20)17(12)21(32)33)26-18(30)15(27-34-2)14-11-37-22(23)25-14/h4-5,7-8,11,16,20,24H,3,6,9-10H2,1-2H3,(H3-,23,25,26,30,32,33)/p+1/b27-15-. The number of β-lactam (4-membered cyclic amide) rings is 1. The van der Waals surface area contributed by atoms with E-state index in [-0.39, 0.29) is 22.2 Å². The fourth-order valence-electron chi connectivity index (χ4n) is 3.72. The van der Waals surface area contributed by atoms with Crippen LogP contribution in [0.4, 0.5) is 5.13 Å². The van der Waals surface area contributed by atoms with Crippen LogP contribution < -0.4 is 21.2 Å². The Kier molecular flexibility index (Phi) is 8.56. The zero-order chi connectivity index (χ0) is 26.5. The molecule has 0 bridgehead atoms. The lowest BCUT2D eigenvalue weighted by Crippen LogP contribution is -2.71. The van der Waals surface area contributed by atoms with E-state index in [4.69, 9.17) is 10.6 Å². The van der Waals surface area contributed by atoms with Crippen molar-refractivity contribution in [3.05, 3.63) is 46.9 Å². The second-order valence-corrected chi connectivity index (χ2v) is 11.0. The molecule has 2 aliphatic heterocycles. The molecule has 4 heterocycles. The second-order valence-electron chi connectivity index (χ2n) is 7.95. The Hall–Kier alpha value is -3.30. The molecule has 1 fully saturated rings. The van der Waals surface area contributed by atoms with Gasteiger partial charge in [-0.3, -0.25) is 14.5 Å². The summed E-state index contributed by atoms with van der Waals surface area (Å²) in [5.41, 5.74) is 9.61. The van der Waals surface area contributed by atoms with E-state index in [1.165, 1.54) is 35.5 Å². The molecule has 2 aromatic heterocycles. The molecular formula is C22H26N7O5S3+. The lowest BCUT2D eigenvalue weighted by atomic mass is 10.0. The van der Waals surface area contributed by atoms with Crippen LogP contribution in [0.5, 0.6) is 0 Å². The van der Waals surface area contributed by atoms with Gasteiger partial charge in [0.25, 0.3) is 11.8 Å². The zero-order valence-corrected chi connectivity index (χ0v) is 22.5. The van der Waals surface area contributed by atoms with Crippen LogP contribution in [0, 0.1) is 0 Å². The highest BCUT2D eigenvalue weighted by atomic mass is 32.2. The van der Waals surface area contributed by atoms with Crippen molar-refractivity contribution in [3.63, 3.8) is 0 Å². The second kappa shape index (κ2) is 11.8. The van der Waals surface area contributed by atoms with Crippen LogP contribution in [-0.4, -0.2) is 75.1 Å². The van der Waals surface area contributed by atoms with E-state index < -0.39 is 29.2 Å². The number of carboxylic acid groups (broad SMARTS) is 1. The molecular weight excluding hydrogens is 538 g/mol. The SMILES string of the molecule is CCCN[n+]1ccc(SCC2=C(C(=O)O)N3C(=O)C(NC(=O)/C(=N\OC)c4csc(N)n4)C3SC2)cc1. The molecule has 37 heavy (non-hydrogen) atoms. The molecule has 12 nitrogen and oxygen atoms in total. The van der Waals surface area contributed by atoms with Crippen molar-refractivity contribution in [3.8, 4) is 0 Å². The Morgan fingerprint density at radius 1 is 1.41 bits per heavy atom. The van der Waals surface area contributed by atoms with Gasteiger partial charge in [-0.15, -0.1) is 34.9 Å². The van der Waals surface area contributed by atoms with Crippen LogP contribution in [0.3, 0.4) is 0 Å². The topological polar surface area (TPSA) is 163 Å². The Balaban J connectivity index is 1.44. The smallest absolute Gasteiger partial charge is 0.352 e. The van der Waals surface area contributed by atoms with Gasteiger partial charge in [0.2, 0.25) is 12.4 Å². The number of thioether (sulfide) groups is 2. The number of oxime groups is 1. The summed E-state index contributed by atoms with van der Waals surface area (Å²) in [5.74, 6) is -1.49. The van der Waals surface area contributed by atoms with Gasteiger partial charge in [0.05, 0.1) is 6.54 Å². The first-order chi connectivity index (χ1) is 17.8. The number of amides is 2. The van der Waals surface area contributed by atoms with Gasteiger partial charge in [0.1, 0.15) is 29.9 Å². The van der Waals surface area contributed by atoms with Crippen molar-refractivity contribution in [2.24, 2.45) is 5.16 Å². The number of nitrogens with one attached hydrogen (secondary N) is 2. The van der Waals surface area contributed by atoms with E-state index >= 15 is 0 Å². The number of carbonyl (C=O) groups excluding carboxylic acids is 2. The number of rotatable bonds is 11. The molecule has 4 rings (SSSR count). The number of aliphatic carboxylic acids is 1. The number of carboxylic acids is 1. The molecule has 0 aromatic carbocycles. The predicted octanol–water partition coefficient (Wildman–Crippen LogP) is 0.848. The minimum atomic E-state index is -1.17. The number of pyridine rings is 1. The molecule has 15 heteroatoms. The van der Waals surface area contributed by atoms with E-state index in [0.29, 0.717) is 17.1 Å². The van der Waals surface area contributed by atoms with Gasteiger partial charge in [0.15, 0.2) is 10.8 Å². The first kappa shape index (κ1) is 26.8. The summed E-state index contributed by atoms with van der Waals surface area (Å²) in [6, 6.07) is 2.99. The number of nitrogens with zero attached hydrogens (tertiary/aromatic N) is 4. The summed E-state index contributed by atoms with van der Waals surface area (Å²) >= 11 is 4.04. The van der Waals surface area contributed by atoms with Crippen LogP contribution in [0.1, 0.15) is 19.0 Å². The first-order valence-electron chi connectivity index (χ1n) is 11.2. The highest BCUT2D eigenvalue weighted by molar-refractivity contribution is 8.01. The molecule has 2 aromatic rings. The molecule has 2 unspecified atom stereocenters. The summed E-state index contributed by atoms with van der Waals surface area (Å²) in [6.07, 6.45) is 4.82. The normalized spacial score (nSPS) is 19.2. The van der Waals surface area contributed by atoms with Gasteiger partial charge in [-0.25, -0.2) is 9.78 Å². The third-order valence-electron chi connectivity index (χ3n) is 5.45. The van der Waals surface area contributed by atoms with Crippen molar-refractivity contribution in [2.75, 3.05) is 36.3 Å². The maximum atomic E-state index is 13.0. The quantitative estimate of drug-likeness (QED) is 0.101. The predicted molar refractivity (Wildman–Crippen MR) is 142 cm³/mol. The number of hydrogen-bond donors (Lipinski definition) is 4. The Bertz CT molecular complexity index is 1250. The van der Waals surface area contributed by atoms with E-state index in [1.807, 2.05) is 29.2 Å². The number of nitrogen functional groups attached to an aromatic ring is 1. The van der Waals surface area contributed by atoms with Gasteiger partial charge in [0, 0.05) is 33.9 Å². The fourth-order valence-corrected chi connectivity index (χ4v) is 6.64. The third kappa shape index (κ3) is 5.83. The van der Waals surface area contributed by atoms with Crippen molar-refractivity contribution in [1.29, 1.82) is 0 Å². The van der Waals surface area contributed by atoms with E-state index in [0.717, 1.165) is 29.2 Å². The number of thiazole rings is 1. The highest BCUT2D eigenvalue weighted by Gasteiger charge is 2.54. The molecule has 2 amide bonds. The zero-order valence-electron chi connectivity index (χ0n) is 20.0. The lowest BCUT2D eigenvalue weighted by molar-refractivity contribution is -0.650. The number of hydrogen-bond acceptors (Lipinski definition) is 11. The molecule has 2 aliphatic rings. The molecule has 5 N–H and O–H groups in total. The number of nitrogens with two attached hydrogens (primary N) is 1. The Labute approximate surface area is 225 Å². The van der Waals surface area contributed by atoms with Crippen molar-refractivity contribution < 1.29 is 29.0 Å². The Morgan fingerprint density at radius 2 is 2.16 bits per heavy atom. The molecule has 196 valence electrons. The maximum Gasteiger partial charge on any atom is 0.352 e. The van der Waals surface area contributed by atoms with Gasteiger partial charge in [-0.05, 0) is 12.0 Å². The van der Waals surface area contributed by atoms with E-state index in [1.54, 1.807) is 5.38 Å². The molecule has 0 spiro atoms. The molecule has 1 saturated heterocycles. The van der Waals surface area contributed by atoms with Crippen LogP contribution >= 0.6 is 34.9 Å². The molecule has 0 radical (unpaired) electrons. The van der Waals surface area contributed by atoms with Crippen LogP contribution in [0.15, 0.2) is 51.2 Å². The minimum absolute atomic E-state index is 0.0274. The number of anilines is 1. The first-order valence-corrected chi connectivity index (χ1v) is 14.2. The molecule has 2 atom stereocenters. The van der Waals surface area contributed by atoms with Crippen LogP contribution in [0.2, 0.25) is 0 Å². The summed E-state index contributed by atoms with van der Waals surface area (Å²) in [7, 11) is 1.29. The molecule has 0 saturated carbocycles. The maximum absolute atomic E-state index is 13.0. The van der Waals surface area contributed by atoms with Crippen molar-refractivity contribution in [2.45, 2.75) is 29.7 Å². The summed E-state index contributed by atoms with van der Waals surface area (Å²) < 4.78 is 1.87. The lowest BCUT2D eigenvalue weighted by Gasteiger charge is -2.49. The average Bonchev–Trinajstić information content (AvgIpc) is 3.33. The highest BCUT2D eigenvalue weighted by Crippen LogP contribution is 2.41. The third-order valence-corrected chi connectivity index (χ3v) is 8.57. The number of carbonyl (C=O) groups is 3. The van der Waals surface area contributed by atoms with Gasteiger partial charge >= 0.3 is 5.97 Å². The largest absolute Gasteiger partial charge is 0.477 e.